The van der Waals surface area contributed by atoms with E-state index in [1.165, 1.54) is 24.1 Å². The van der Waals surface area contributed by atoms with Crippen molar-refractivity contribution in [3.05, 3.63) is 41.0 Å². The number of aryl methyl sites for hydroxylation is 1. The van der Waals surface area contributed by atoms with Gasteiger partial charge in [-0.25, -0.2) is 0 Å². The van der Waals surface area contributed by atoms with Gasteiger partial charge in [0.15, 0.2) is 0 Å². The molecular formula is C17H25N5O. The molecule has 1 amide bonds. The fraction of sp³-hybridized carbons (Fsp3) is 0.529. The molecule has 2 aromatic rings. The highest BCUT2D eigenvalue weighted by Gasteiger charge is 2.27. The van der Waals surface area contributed by atoms with Gasteiger partial charge in [-0.05, 0) is 38.4 Å². The Kier molecular flexibility index (Phi) is 4.52. The Hall–Kier alpha value is -2.08. The van der Waals surface area contributed by atoms with Crippen molar-refractivity contribution in [3.63, 3.8) is 0 Å². The molecule has 0 bridgehead atoms. The minimum Gasteiger partial charge on any atom is -0.354 e. The summed E-state index contributed by atoms with van der Waals surface area (Å²) in [7, 11) is 3.65. The van der Waals surface area contributed by atoms with Gasteiger partial charge in [-0.2, -0.15) is 5.10 Å². The van der Waals surface area contributed by atoms with Crippen LogP contribution >= 0.6 is 0 Å². The van der Waals surface area contributed by atoms with Crippen molar-refractivity contribution in [1.82, 2.24) is 25.0 Å². The molecule has 2 aromatic heterocycles. The lowest BCUT2D eigenvalue weighted by Crippen LogP contribution is -2.34. The van der Waals surface area contributed by atoms with Crippen molar-refractivity contribution in [1.29, 1.82) is 0 Å². The number of piperidine rings is 1. The molecule has 1 aliphatic heterocycles. The number of nitrogens with zero attached hydrogens (tertiary/aromatic N) is 3. The van der Waals surface area contributed by atoms with Gasteiger partial charge in [-0.1, -0.05) is 6.42 Å². The first kappa shape index (κ1) is 15.8. The first-order valence-electron chi connectivity index (χ1n) is 8.22. The van der Waals surface area contributed by atoms with Gasteiger partial charge < -0.3 is 9.88 Å². The van der Waals surface area contributed by atoms with Crippen molar-refractivity contribution in [2.45, 2.75) is 38.8 Å². The molecule has 0 aliphatic carbocycles. The van der Waals surface area contributed by atoms with E-state index in [1.807, 2.05) is 23.9 Å². The molecule has 3 heterocycles. The summed E-state index contributed by atoms with van der Waals surface area (Å²) < 4.78 is 2.03. The molecule has 0 spiro atoms. The predicted molar refractivity (Wildman–Crippen MR) is 89.1 cm³/mol. The molecule has 1 fully saturated rings. The molecule has 2 N–H and O–H groups in total. The second-order valence-electron chi connectivity index (χ2n) is 6.28. The molecule has 0 aromatic carbocycles. The van der Waals surface area contributed by atoms with Crippen molar-refractivity contribution < 1.29 is 4.79 Å². The molecule has 23 heavy (non-hydrogen) atoms. The number of aromatic amines is 1. The van der Waals surface area contributed by atoms with Gasteiger partial charge >= 0.3 is 0 Å². The first-order chi connectivity index (χ1) is 11.1. The average Bonchev–Trinajstić information content (AvgIpc) is 3.14. The predicted octanol–water partition coefficient (Wildman–Crippen LogP) is 2.14. The Balaban J connectivity index is 1.85. The number of nitrogens with one attached hydrogen (secondary N) is 2. The molecule has 124 valence electrons. The van der Waals surface area contributed by atoms with E-state index in [4.69, 9.17) is 0 Å². The van der Waals surface area contributed by atoms with Crippen LogP contribution in [0.25, 0.3) is 0 Å². The third-order valence-electron chi connectivity index (χ3n) is 4.88. The van der Waals surface area contributed by atoms with Crippen LogP contribution in [-0.4, -0.2) is 39.2 Å². The lowest BCUT2D eigenvalue weighted by molar-refractivity contribution is 0.0952. The lowest BCUT2D eigenvalue weighted by Gasteiger charge is -2.36. The Morgan fingerprint density at radius 1 is 1.43 bits per heavy atom. The zero-order valence-corrected chi connectivity index (χ0v) is 14.1. The minimum absolute atomic E-state index is 0.0354. The van der Waals surface area contributed by atoms with Crippen LogP contribution in [0, 0.1) is 6.92 Å². The van der Waals surface area contributed by atoms with Crippen LogP contribution in [0.15, 0.2) is 18.3 Å². The van der Waals surface area contributed by atoms with E-state index < -0.39 is 0 Å². The monoisotopic (exact) mass is 315 g/mol. The zero-order valence-electron chi connectivity index (χ0n) is 14.1. The summed E-state index contributed by atoms with van der Waals surface area (Å²) in [6, 6.07) is 4.36. The summed E-state index contributed by atoms with van der Waals surface area (Å²) >= 11 is 0. The van der Waals surface area contributed by atoms with Crippen LogP contribution in [0.3, 0.4) is 0 Å². The van der Waals surface area contributed by atoms with Crippen LogP contribution in [-0.2, 0) is 13.6 Å². The van der Waals surface area contributed by atoms with Crippen LogP contribution in [0.4, 0.5) is 0 Å². The number of aromatic nitrogens is 3. The van der Waals surface area contributed by atoms with E-state index in [0.29, 0.717) is 11.7 Å². The smallest absolute Gasteiger partial charge is 0.267 e. The van der Waals surface area contributed by atoms with Gasteiger partial charge in [0.05, 0.1) is 12.2 Å². The molecule has 1 unspecified atom stereocenters. The lowest BCUT2D eigenvalue weighted by atomic mass is 9.98. The van der Waals surface area contributed by atoms with E-state index in [9.17, 15) is 4.79 Å². The maximum absolute atomic E-state index is 12.0. The third-order valence-corrected chi connectivity index (χ3v) is 4.88. The highest BCUT2D eigenvalue weighted by molar-refractivity contribution is 5.92. The summed E-state index contributed by atoms with van der Waals surface area (Å²) in [4.78, 5) is 14.5. The van der Waals surface area contributed by atoms with E-state index in [0.717, 1.165) is 25.2 Å². The summed E-state index contributed by atoms with van der Waals surface area (Å²) in [5.74, 6) is -0.0354. The number of amides is 1. The van der Waals surface area contributed by atoms with Gasteiger partial charge in [0, 0.05) is 37.6 Å². The number of carbonyl (C=O) groups excluding carboxylic acids is 1. The molecule has 3 rings (SSSR count). The number of likely N-dealkylation sites (tertiary alicyclic amines) is 1. The molecule has 6 heteroatoms. The van der Waals surface area contributed by atoms with E-state index in [1.54, 1.807) is 7.05 Å². The second kappa shape index (κ2) is 6.58. The van der Waals surface area contributed by atoms with Crippen molar-refractivity contribution >= 4 is 5.91 Å². The molecular weight excluding hydrogens is 290 g/mol. The van der Waals surface area contributed by atoms with E-state index in [-0.39, 0.29) is 5.91 Å². The third kappa shape index (κ3) is 3.03. The quantitative estimate of drug-likeness (QED) is 0.908. The first-order valence-corrected chi connectivity index (χ1v) is 8.22. The topological polar surface area (TPSA) is 66.0 Å². The Bertz CT molecular complexity index is 687. The minimum atomic E-state index is -0.0354. The SMILES string of the molecule is CNC(=O)c1ccc(C2CCCCN2Cc2cn[nH]c2C)n1C. The normalized spacial score (nSPS) is 19.0. The largest absolute Gasteiger partial charge is 0.354 e. The van der Waals surface area contributed by atoms with Crippen molar-refractivity contribution in [2.24, 2.45) is 7.05 Å². The number of hydrogen-bond acceptors (Lipinski definition) is 3. The van der Waals surface area contributed by atoms with Gasteiger partial charge in [0.1, 0.15) is 5.69 Å². The van der Waals surface area contributed by atoms with Gasteiger partial charge in [0.25, 0.3) is 5.91 Å². The highest BCUT2D eigenvalue weighted by Crippen LogP contribution is 2.33. The standard InChI is InChI=1S/C17H25N5O/c1-12-13(10-19-20-12)11-22-9-5-4-6-15(22)14-7-8-16(21(14)3)17(23)18-2/h7-8,10,15H,4-6,9,11H2,1-3H3,(H,18,23)(H,19,20). The fourth-order valence-corrected chi connectivity index (χ4v) is 3.49. The van der Waals surface area contributed by atoms with Gasteiger partial charge in [0.2, 0.25) is 0 Å². The number of H-pyrrole nitrogens is 1. The Morgan fingerprint density at radius 2 is 2.26 bits per heavy atom. The molecule has 1 saturated heterocycles. The average molecular weight is 315 g/mol. The maximum atomic E-state index is 12.0. The van der Waals surface area contributed by atoms with Crippen LogP contribution in [0.1, 0.15) is 52.7 Å². The Labute approximate surface area is 136 Å². The van der Waals surface area contributed by atoms with Crippen LogP contribution < -0.4 is 5.32 Å². The van der Waals surface area contributed by atoms with E-state index in [2.05, 4.69) is 33.4 Å². The van der Waals surface area contributed by atoms with E-state index >= 15 is 0 Å². The van der Waals surface area contributed by atoms with Crippen molar-refractivity contribution in [2.75, 3.05) is 13.6 Å². The summed E-state index contributed by atoms with van der Waals surface area (Å²) in [6.07, 6.45) is 5.50. The molecule has 0 saturated carbocycles. The number of hydrogen-bond donors (Lipinski definition) is 2. The zero-order chi connectivity index (χ0) is 16.4. The second-order valence-corrected chi connectivity index (χ2v) is 6.28. The Morgan fingerprint density at radius 3 is 2.96 bits per heavy atom. The van der Waals surface area contributed by atoms with Gasteiger partial charge in [-0.3, -0.25) is 14.8 Å². The highest BCUT2D eigenvalue weighted by atomic mass is 16.1. The van der Waals surface area contributed by atoms with Gasteiger partial charge in [-0.15, -0.1) is 0 Å². The molecule has 1 aliphatic rings. The number of rotatable bonds is 4. The summed E-state index contributed by atoms with van der Waals surface area (Å²) in [6.45, 7) is 4.04. The molecule has 1 atom stereocenters. The van der Waals surface area contributed by atoms with Crippen LogP contribution in [0.5, 0.6) is 0 Å². The van der Waals surface area contributed by atoms with Crippen molar-refractivity contribution in [3.8, 4) is 0 Å². The maximum Gasteiger partial charge on any atom is 0.267 e. The number of carbonyl (C=O) groups is 1. The summed E-state index contributed by atoms with van der Waals surface area (Å²) in [5.41, 5.74) is 4.31. The fourth-order valence-electron chi connectivity index (χ4n) is 3.49. The molecule has 6 nitrogen and oxygen atoms in total. The van der Waals surface area contributed by atoms with Crippen LogP contribution in [0.2, 0.25) is 0 Å². The summed E-state index contributed by atoms with van der Waals surface area (Å²) in [5, 5.41) is 9.85. The molecule has 0 radical (unpaired) electrons.